The van der Waals surface area contributed by atoms with Crippen LogP contribution in [0.5, 0.6) is 5.75 Å². The zero-order valence-electron chi connectivity index (χ0n) is 14.8. The van der Waals surface area contributed by atoms with Gasteiger partial charge in [-0.1, -0.05) is 6.07 Å². The summed E-state index contributed by atoms with van der Waals surface area (Å²) >= 11 is 3.20. The number of pyridine rings is 1. The Bertz CT molecular complexity index is 1210. The molecular weight excluding hydrogens is 423 g/mol. The molecule has 1 aliphatic heterocycles. The fourth-order valence-electron chi connectivity index (χ4n) is 3.17. The first-order chi connectivity index (χ1) is 13.4. The van der Waals surface area contributed by atoms with Crippen molar-refractivity contribution in [1.29, 1.82) is 5.26 Å². The molecule has 1 aliphatic rings. The zero-order valence-corrected chi connectivity index (χ0v) is 16.4. The number of hydrogen-bond donors (Lipinski definition) is 1. The van der Waals surface area contributed by atoms with E-state index in [0.717, 1.165) is 16.5 Å². The minimum atomic E-state index is -1.15. The van der Waals surface area contributed by atoms with E-state index in [9.17, 15) is 4.39 Å². The predicted octanol–water partition coefficient (Wildman–Crippen LogP) is 4.30. The fraction of sp³-hybridized carbons (Fsp3) is 0.0952. The van der Waals surface area contributed by atoms with E-state index in [1.165, 1.54) is 12.3 Å². The first kappa shape index (κ1) is 18.3. The van der Waals surface area contributed by atoms with Crippen molar-refractivity contribution in [3.05, 3.63) is 75.7 Å². The summed E-state index contributed by atoms with van der Waals surface area (Å²) in [5.41, 5.74) is 8.79. The number of benzene rings is 2. The van der Waals surface area contributed by atoms with Gasteiger partial charge in [-0.25, -0.2) is 4.39 Å². The molecule has 0 radical (unpaired) electrons. The van der Waals surface area contributed by atoms with Gasteiger partial charge < -0.3 is 4.74 Å². The number of halogens is 2. The van der Waals surface area contributed by atoms with Crippen molar-refractivity contribution in [2.45, 2.75) is 5.66 Å². The maximum absolute atomic E-state index is 13.5. The molecule has 28 heavy (non-hydrogen) atoms. The molecule has 0 bridgehead atoms. The summed E-state index contributed by atoms with van der Waals surface area (Å²) in [7, 11) is 1.55. The van der Waals surface area contributed by atoms with Gasteiger partial charge in [0, 0.05) is 29.4 Å². The van der Waals surface area contributed by atoms with Crippen molar-refractivity contribution in [3.63, 3.8) is 0 Å². The lowest BCUT2D eigenvalue weighted by atomic mass is 9.95. The molecule has 138 valence electrons. The van der Waals surface area contributed by atoms with Gasteiger partial charge in [0.2, 0.25) is 0 Å². The largest absolute Gasteiger partial charge is 0.496 e. The molecule has 0 saturated heterocycles. The highest BCUT2D eigenvalue weighted by atomic mass is 79.9. The van der Waals surface area contributed by atoms with Gasteiger partial charge in [-0.15, -0.1) is 0 Å². The summed E-state index contributed by atoms with van der Waals surface area (Å²) in [4.78, 5) is 8.79. The second-order valence-corrected chi connectivity index (χ2v) is 7.25. The van der Waals surface area contributed by atoms with Crippen LogP contribution < -0.4 is 10.5 Å². The van der Waals surface area contributed by atoms with Gasteiger partial charge in [-0.2, -0.15) is 5.26 Å². The standard InChI is InChI=1S/C21H14BrFN4O/c1-28-20-7-19-14(4-12(9-24)10-26-19)5-16(20)21(25)8-15(11-27-21)13-2-3-18(23)17(22)6-13/h2-8,10-11H,25H2,1H3. The Balaban J connectivity index is 1.84. The maximum Gasteiger partial charge on any atom is 0.157 e. The number of hydrogen-bond acceptors (Lipinski definition) is 5. The van der Waals surface area contributed by atoms with Gasteiger partial charge in [0.15, 0.2) is 5.66 Å². The third-order valence-corrected chi connectivity index (χ3v) is 5.22. The van der Waals surface area contributed by atoms with Crippen molar-refractivity contribution in [2.75, 3.05) is 7.11 Å². The Hall–Kier alpha value is -3.08. The Morgan fingerprint density at radius 1 is 1.25 bits per heavy atom. The van der Waals surface area contributed by atoms with Crippen LogP contribution in [0.2, 0.25) is 0 Å². The van der Waals surface area contributed by atoms with Crippen molar-refractivity contribution in [3.8, 4) is 11.8 Å². The summed E-state index contributed by atoms with van der Waals surface area (Å²) in [6.07, 6.45) is 4.98. The summed E-state index contributed by atoms with van der Waals surface area (Å²) in [6, 6.07) is 12.2. The number of rotatable bonds is 3. The van der Waals surface area contributed by atoms with Crippen LogP contribution in [0.1, 0.15) is 16.7 Å². The van der Waals surface area contributed by atoms with Gasteiger partial charge in [-0.05, 0) is 57.4 Å². The van der Waals surface area contributed by atoms with Gasteiger partial charge in [0.25, 0.3) is 0 Å². The topological polar surface area (TPSA) is 84.3 Å². The molecule has 2 heterocycles. The number of fused-ring (bicyclic) bond motifs is 1. The number of methoxy groups -OCH3 is 1. The highest BCUT2D eigenvalue weighted by Gasteiger charge is 2.32. The number of nitriles is 1. The number of aromatic nitrogens is 1. The Labute approximate surface area is 169 Å². The molecule has 1 unspecified atom stereocenters. The number of ether oxygens (including phenoxy) is 1. The van der Waals surface area contributed by atoms with E-state index >= 15 is 0 Å². The Morgan fingerprint density at radius 3 is 2.79 bits per heavy atom. The minimum Gasteiger partial charge on any atom is -0.496 e. The van der Waals surface area contributed by atoms with Crippen molar-refractivity contribution in [2.24, 2.45) is 10.7 Å². The molecule has 5 nitrogen and oxygen atoms in total. The van der Waals surface area contributed by atoms with Gasteiger partial charge >= 0.3 is 0 Å². The van der Waals surface area contributed by atoms with Crippen LogP contribution in [0.3, 0.4) is 0 Å². The highest BCUT2D eigenvalue weighted by molar-refractivity contribution is 9.10. The Morgan fingerprint density at radius 2 is 2.07 bits per heavy atom. The molecule has 4 rings (SSSR count). The average Bonchev–Trinajstić information content (AvgIpc) is 3.11. The molecule has 3 aromatic rings. The lowest BCUT2D eigenvalue weighted by molar-refractivity contribution is 0.400. The summed E-state index contributed by atoms with van der Waals surface area (Å²) < 4.78 is 19.4. The average molecular weight is 437 g/mol. The van der Waals surface area contributed by atoms with E-state index in [1.54, 1.807) is 43.7 Å². The lowest BCUT2D eigenvalue weighted by Gasteiger charge is -2.22. The summed E-state index contributed by atoms with van der Waals surface area (Å²) in [5, 5.41) is 9.89. The van der Waals surface area contributed by atoms with Crippen molar-refractivity contribution in [1.82, 2.24) is 4.98 Å². The number of nitrogens with zero attached hydrogens (tertiary/aromatic N) is 3. The van der Waals surface area contributed by atoms with Gasteiger partial charge in [0.1, 0.15) is 17.6 Å². The second kappa shape index (κ2) is 6.82. The zero-order chi connectivity index (χ0) is 19.9. The van der Waals surface area contributed by atoms with Gasteiger partial charge in [-0.3, -0.25) is 15.7 Å². The highest BCUT2D eigenvalue weighted by Crippen LogP contribution is 2.38. The molecule has 0 fully saturated rings. The molecule has 0 spiro atoms. The molecule has 0 aliphatic carbocycles. The normalized spacial score (nSPS) is 18.2. The number of nitrogens with two attached hydrogens (primary N) is 1. The quantitative estimate of drug-likeness (QED) is 0.663. The first-order valence-electron chi connectivity index (χ1n) is 8.34. The number of aliphatic imine (C=N–C) groups is 1. The molecule has 0 saturated carbocycles. The molecule has 7 heteroatoms. The van der Waals surface area contributed by atoms with Crippen LogP contribution in [-0.2, 0) is 5.66 Å². The van der Waals surface area contributed by atoms with E-state index in [2.05, 4.69) is 32.0 Å². The van der Waals surface area contributed by atoms with Gasteiger partial charge in [0.05, 0.1) is 22.7 Å². The number of allylic oxidation sites excluding steroid dienone is 1. The first-order valence-corrected chi connectivity index (χ1v) is 9.13. The predicted molar refractivity (Wildman–Crippen MR) is 109 cm³/mol. The van der Waals surface area contributed by atoms with Crippen LogP contribution in [0.15, 0.2) is 58.1 Å². The van der Waals surface area contributed by atoms with Crippen LogP contribution in [0.4, 0.5) is 4.39 Å². The molecule has 1 atom stereocenters. The fourth-order valence-corrected chi connectivity index (χ4v) is 3.55. The molecule has 1 aromatic heterocycles. The molecule has 0 amide bonds. The van der Waals surface area contributed by atoms with E-state index in [0.29, 0.717) is 26.9 Å². The van der Waals surface area contributed by atoms with E-state index in [-0.39, 0.29) is 5.82 Å². The molecule has 2 N–H and O–H groups in total. The third kappa shape index (κ3) is 3.07. The van der Waals surface area contributed by atoms with E-state index in [1.807, 2.05) is 6.07 Å². The smallest absolute Gasteiger partial charge is 0.157 e. The second-order valence-electron chi connectivity index (χ2n) is 6.39. The molecular formula is C21H14BrFN4O. The van der Waals surface area contributed by atoms with E-state index < -0.39 is 5.66 Å². The van der Waals surface area contributed by atoms with Crippen LogP contribution in [0, 0.1) is 17.1 Å². The van der Waals surface area contributed by atoms with Crippen LogP contribution in [-0.4, -0.2) is 18.3 Å². The molecule has 2 aromatic carbocycles. The van der Waals surface area contributed by atoms with Crippen molar-refractivity contribution >= 4 is 38.6 Å². The monoisotopic (exact) mass is 436 g/mol. The lowest BCUT2D eigenvalue weighted by Crippen LogP contribution is -2.31. The maximum atomic E-state index is 13.5. The summed E-state index contributed by atoms with van der Waals surface area (Å²) in [6.45, 7) is 0. The van der Waals surface area contributed by atoms with Crippen molar-refractivity contribution < 1.29 is 9.13 Å². The van der Waals surface area contributed by atoms with E-state index in [4.69, 9.17) is 15.7 Å². The third-order valence-electron chi connectivity index (χ3n) is 4.61. The van der Waals surface area contributed by atoms with Crippen LogP contribution in [0.25, 0.3) is 16.5 Å². The SMILES string of the molecule is COc1cc2ncc(C#N)cc2cc1C1(N)C=C(c2ccc(F)c(Br)c2)C=N1. The Kier molecular flexibility index (Phi) is 4.46. The van der Waals surface area contributed by atoms with Crippen LogP contribution >= 0.6 is 15.9 Å². The summed E-state index contributed by atoms with van der Waals surface area (Å²) in [5.74, 6) is 0.206. The minimum absolute atomic E-state index is 0.338.